The Morgan fingerprint density at radius 2 is 1.73 bits per heavy atom. The minimum absolute atomic E-state index is 0.148. The van der Waals surface area contributed by atoms with Crippen LogP contribution in [-0.2, 0) is 25.7 Å². The van der Waals surface area contributed by atoms with Crippen molar-refractivity contribution in [3.8, 4) is 5.75 Å². The standard InChI is InChI=1S/C22H22N2O6/c1-14(21(27)23-13-15-6-8-18(29-2)9-7-15)30-22(28)16-4-3-5-17(12-16)24-19(25)10-11-20(24)26/h3-9,12,14H,10-11,13H2,1-2H3,(H,23,27)/t14-/m0/s1. The van der Waals surface area contributed by atoms with Crippen molar-refractivity contribution in [3.05, 3.63) is 59.7 Å². The number of amides is 3. The molecule has 1 atom stereocenters. The molecule has 0 saturated carbocycles. The summed E-state index contributed by atoms with van der Waals surface area (Å²) in [5.41, 5.74) is 1.33. The van der Waals surface area contributed by atoms with E-state index in [1.54, 1.807) is 31.4 Å². The first-order valence-electron chi connectivity index (χ1n) is 9.46. The Morgan fingerprint density at radius 1 is 1.07 bits per heavy atom. The number of rotatable bonds is 7. The number of nitrogens with zero attached hydrogens (tertiary/aromatic N) is 1. The van der Waals surface area contributed by atoms with E-state index in [0.29, 0.717) is 11.4 Å². The van der Waals surface area contributed by atoms with Crippen LogP contribution in [0.4, 0.5) is 5.69 Å². The zero-order valence-corrected chi connectivity index (χ0v) is 16.7. The van der Waals surface area contributed by atoms with E-state index in [2.05, 4.69) is 5.32 Å². The fourth-order valence-corrected chi connectivity index (χ4v) is 2.99. The van der Waals surface area contributed by atoms with Crippen molar-refractivity contribution in [2.24, 2.45) is 0 Å². The van der Waals surface area contributed by atoms with Crippen LogP contribution in [-0.4, -0.2) is 36.9 Å². The average molecular weight is 410 g/mol. The molecule has 3 rings (SSSR count). The fraction of sp³-hybridized carbons (Fsp3) is 0.273. The Labute approximate surface area is 173 Å². The number of methoxy groups -OCH3 is 1. The van der Waals surface area contributed by atoms with E-state index in [1.807, 2.05) is 12.1 Å². The topological polar surface area (TPSA) is 102 Å². The molecule has 8 heteroatoms. The zero-order valence-electron chi connectivity index (χ0n) is 16.7. The highest BCUT2D eigenvalue weighted by atomic mass is 16.5. The molecule has 30 heavy (non-hydrogen) atoms. The number of imide groups is 1. The Hall–Kier alpha value is -3.68. The SMILES string of the molecule is COc1ccc(CNC(=O)[C@H](C)OC(=O)c2cccc(N3C(=O)CCC3=O)c2)cc1. The number of esters is 1. The summed E-state index contributed by atoms with van der Waals surface area (Å²) in [6, 6.07) is 13.2. The van der Waals surface area contributed by atoms with Gasteiger partial charge in [0.2, 0.25) is 11.8 Å². The summed E-state index contributed by atoms with van der Waals surface area (Å²) in [6.45, 7) is 1.75. The molecule has 0 aromatic heterocycles. The van der Waals surface area contributed by atoms with Crippen LogP contribution < -0.4 is 15.0 Å². The molecule has 0 bridgehead atoms. The minimum Gasteiger partial charge on any atom is -0.497 e. The van der Waals surface area contributed by atoms with Gasteiger partial charge in [-0.05, 0) is 42.8 Å². The first kappa shape index (κ1) is 21.0. The minimum atomic E-state index is -1.02. The number of hydrogen-bond donors (Lipinski definition) is 1. The Balaban J connectivity index is 1.58. The second-order valence-electron chi connectivity index (χ2n) is 6.79. The number of ether oxygens (including phenoxy) is 2. The molecule has 1 N–H and O–H groups in total. The largest absolute Gasteiger partial charge is 0.497 e. The van der Waals surface area contributed by atoms with Gasteiger partial charge in [0.25, 0.3) is 5.91 Å². The maximum absolute atomic E-state index is 12.4. The second-order valence-corrected chi connectivity index (χ2v) is 6.79. The monoisotopic (exact) mass is 410 g/mol. The molecule has 3 amide bonds. The lowest BCUT2D eigenvalue weighted by Crippen LogP contribution is -2.35. The molecule has 2 aromatic rings. The summed E-state index contributed by atoms with van der Waals surface area (Å²) >= 11 is 0. The molecule has 0 aliphatic carbocycles. The molecule has 8 nitrogen and oxygen atoms in total. The Bertz CT molecular complexity index is 954. The lowest BCUT2D eigenvalue weighted by atomic mass is 10.2. The highest BCUT2D eigenvalue weighted by molar-refractivity contribution is 6.20. The summed E-state index contributed by atoms with van der Waals surface area (Å²) in [5, 5.41) is 2.71. The van der Waals surface area contributed by atoms with Gasteiger partial charge in [0.1, 0.15) is 5.75 Å². The van der Waals surface area contributed by atoms with Gasteiger partial charge in [0.05, 0.1) is 18.4 Å². The fourth-order valence-electron chi connectivity index (χ4n) is 2.99. The first-order chi connectivity index (χ1) is 14.4. The van der Waals surface area contributed by atoms with E-state index in [1.165, 1.54) is 19.1 Å². The van der Waals surface area contributed by atoms with Crippen molar-refractivity contribution in [1.29, 1.82) is 0 Å². The lowest BCUT2D eigenvalue weighted by molar-refractivity contribution is -0.129. The van der Waals surface area contributed by atoms with Gasteiger partial charge in [0, 0.05) is 19.4 Å². The quantitative estimate of drug-likeness (QED) is 0.555. The molecular weight excluding hydrogens is 388 g/mol. The molecule has 156 valence electrons. The lowest BCUT2D eigenvalue weighted by Gasteiger charge is -2.16. The summed E-state index contributed by atoms with van der Waals surface area (Å²) < 4.78 is 10.3. The second kappa shape index (κ2) is 9.21. The van der Waals surface area contributed by atoms with E-state index < -0.39 is 18.0 Å². The van der Waals surface area contributed by atoms with Crippen LogP contribution in [0.25, 0.3) is 0 Å². The van der Waals surface area contributed by atoms with Gasteiger partial charge in [0.15, 0.2) is 6.10 Å². The average Bonchev–Trinajstić information content (AvgIpc) is 3.10. The molecule has 1 saturated heterocycles. The van der Waals surface area contributed by atoms with Gasteiger partial charge in [-0.25, -0.2) is 4.79 Å². The Kier molecular flexibility index (Phi) is 6.46. The molecule has 1 aliphatic heterocycles. The number of anilines is 1. The summed E-state index contributed by atoms with van der Waals surface area (Å²) in [7, 11) is 1.57. The third-order valence-electron chi connectivity index (χ3n) is 4.67. The molecule has 1 fully saturated rings. The highest BCUT2D eigenvalue weighted by Crippen LogP contribution is 2.23. The van der Waals surface area contributed by atoms with E-state index in [9.17, 15) is 19.2 Å². The maximum Gasteiger partial charge on any atom is 0.338 e. The zero-order chi connectivity index (χ0) is 21.7. The Morgan fingerprint density at radius 3 is 2.37 bits per heavy atom. The number of carbonyl (C=O) groups excluding carboxylic acids is 4. The number of hydrogen-bond acceptors (Lipinski definition) is 6. The summed E-state index contributed by atoms with van der Waals surface area (Å²) in [5.74, 6) is -1.07. The molecule has 0 unspecified atom stereocenters. The summed E-state index contributed by atoms with van der Waals surface area (Å²) in [4.78, 5) is 49.5. The van der Waals surface area contributed by atoms with Crippen LogP contribution in [0.5, 0.6) is 5.75 Å². The molecular formula is C22H22N2O6. The van der Waals surface area contributed by atoms with Gasteiger partial charge in [-0.15, -0.1) is 0 Å². The van der Waals surface area contributed by atoms with Crippen molar-refractivity contribution in [3.63, 3.8) is 0 Å². The normalized spacial score (nSPS) is 14.4. The molecule has 0 radical (unpaired) electrons. The van der Waals surface area contributed by atoms with Gasteiger partial charge in [-0.2, -0.15) is 0 Å². The third kappa shape index (κ3) is 4.83. The first-order valence-corrected chi connectivity index (χ1v) is 9.46. The number of benzene rings is 2. The van der Waals surface area contributed by atoms with E-state index >= 15 is 0 Å². The number of nitrogens with one attached hydrogen (secondary N) is 1. The van der Waals surface area contributed by atoms with Gasteiger partial charge in [-0.1, -0.05) is 18.2 Å². The maximum atomic E-state index is 12.4. The van der Waals surface area contributed by atoms with E-state index in [-0.39, 0.29) is 36.8 Å². The van der Waals surface area contributed by atoms with Gasteiger partial charge < -0.3 is 14.8 Å². The van der Waals surface area contributed by atoms with Crippen LogP contribution in [0.3, 0.4) is 0 Å². The van der Waals surface area contributed by atoms with Crippen molar-refractivity contribution in [1.82, 2.24) is 5.32 Å². The smallest absolute Gasteiger partial charge is 0.338 e. The van der Waals surface area contributed by atoms with Gasteiger partial charge in [-0.3, -0.25) is 19.3 Å². The van der Waals surface area contributed by atoms with E-state index in [4.69, 9.17) is 9.47 Å². The van der Waals surface area contributed by atoms with E-state index in [0.717, 1.165) is 10.5 Å². The third-order valence-corrected chi connectivity index (χ3v) is 4.67. The van der Waals surface area contributed by atoms with Crippen LogP contribution in [0.2, 0.25) is 0 Å². The molecule has 1 heterocycles. The van der Waals surface area contributed by atoms with Crippen LogP contribution >= 0.6 is 0 Å². The molecule has 0 spiro atoms. The van der Waals surface area contributed by atoms with Crippen molar-refractivity contribution in [2.45, 2.75) is 32.4 Å². The van der Waals surface area contributed by atoms with Crippen molar-refractivity contribution in [2.75, 3.05) is 12.0 Å². The molecule has 1 aliphatic rings. The van der Waals surface area contributed by atoms with Gasteiger partial charge >= 0.3 is 5.97 Å². The van der Waals surface area contributed by atoms with Crippen molar-refractivity contribution < 1.29 is 28.7 Å². The predicted molar refractivity (Wildman–Crippen MR) is 108 cm³/mol. The van der Waals surface area contributed by atoms with Crippen molar-refractivity contribution >= 4 is 29.4 Å². The van der Waals surface area contributed by atoms with Crippen LogP contribution in [0.1, 0.15) is 35.7 Å². The highest BCUT2D eigenvalue weighted by Gasteiger charge is 2.30. The van der Waals surface area contributed by atoms with Crippen LogP contribution in [0.15, 0.2) is 48.5 Å². The van der Waals surface area contributed by atoms with Crippen LogP contribution in [0, 0.1) is 0 Å². The predicted octanol–water partition coefficient (Wildman–Crippen LogP) is 2.21. The molecule has 2 aromatic carbocycles. The summed E-state index contributed by atoms with van der Waals surface area (Å²) in [6.07, 6.45) is -0.716. The number of carbonyl (C=O) groups is 4.